The van der Waals surface area contributed by atoms with E-state index >= 15 is 0 Å². The van der Waals surface area contributed by atoms with Gasteiger partial charge in [0.1, 0.15) is 5.69 Å². The molecular formula is C15H17N5O2S. The Bertz CT molecular complexity index is 816. The van der Waals surface area contributed by atoms with Crippen LogP contribution in [-0.2, 0) is 7.05 Å². The van der Waals surface area contributed by atoms with Crippen molar-refractivity contribution < 1.29 is 9.90 Å². The number of hydrogen-bond donors (Lipinski definition) is 2. The minimum Gasteiger partial charge on any atom is -0.393 e. The van der Waals surface area contributed by atoms with Gasteiger partial charge in [0.15, 0.2) is 4.96 Å². The SMILES string of the molecule is Cn1cc([C@H](NC(=O)c2cn3ccsc3n2)C2CC(O)C2)cn1. The molecule has 1 aliphatic rings. The highest BCUT2D eigenvalue weighted by molar-refractivity contribution is 7.15. The van der Waals surface area contributed by atoms with E-state index in [0.29, 0.717) is 18.5 Å². The Hall–Kier alpha value is -2.19. The number of carbonyl (C=O) groups excluding carboxylic acids is 1. The smallest absolute Gasteiger partial charge is 0.272 e. The van der Waals surface area contributed by atoms with Crippen LogP contribution in [-0.4, -0.2) is 36.3 Å². The molecule has 0 radical (unpaired) electrons. The van der Waals surface area contributed by atoms with Crippen molar-refractivity contribution >= 4 is 22.2 Å². The average Bonchev–Trinajstić information content (AvgIpc) is 3.16. The topological polar surface area (TPSA) is 84.5 Å². The highest BCUT2D eigenvalue weighted by Gasteiger charge is 2.36. The molecular weight excluding hydrogens is 314 g/mol. The highest BCUT2D eigenvalue weighted by atomic mass is 32.1. The van der Waals surface area contributed by atoms with Crippen LogP contribution in [0.1, 0.15) is 34.9 Å². The van der Waals surface area contributed by atoms with Crippen LogP contribution in [0.4, 0.5) is 0 Å². The third kappa shape index (κ3) is 2.64. The summed E-state index contributed by atoms with van der Waals surface area (Å²) in [7, 11) is 1.85. The molecule has 1 amide bonds. The van der Waals surface area contributed by atoms with Gasteiger partial charge in [0.25, 0.3) is 5.91 Å². The van der Waals surface area contributed by atoms with Crippen molar-refractivity contribution in [1.82, 2.24) is 24.5 Å². The molecule has 0 unspecified atom stereocenters. The summed E-state index contributed by atoms with van der Waals surface area (Å²) in [6, 6.07) is -0.153. The third-order valence-electron chi connectivity index (χ3n) is 4.32. The molecule has 1 atom stereocenters. The van der Waals surface area contributed by atoms with E-state index in [4.69, 9.17) is 0 Å². The van der Waals surface area contributed by atoms with E-state index in [1.807, 2.05) is 29.2 Å². The van der Waals surface area contributed by atoms with E-state index in [1.165, 1.54) is 11.3 Å². The Labute approximate surface area is 136 Å². The number of aromatic nitrogens is 4. The molecule has 0 bridgehead atoms. The van der Waals surface area contributed by atoms with Crippen molar-refractivity contribution in [2.45, 2.75) is 25.0 Å². The summed E-state index contributed by atoms with van der Waals surface area (Å²) in [6.45, 7) is 0. The Morgan fingerprint density at radius 1 is 1.48 bits per heavy atom. The number of fused-ring (bicyclic) bond motifs is 1. The number of amides is 1. The van der Waals surface area contributed by atoms with Crippen molar-refractivity contribution in [3.63, 3.8) is 0 Å². The lowest BCUT2D eigenvalue weighted by molar-refractivity contribution is 0.0234. The molecule has 7 nitrogen and oxygen atoms in total. The van der Waals surface area contributed by atoms with Gasteiger partial charge in [0.05, 0.1) is 18.3 Å². The second kappa shape index (κ2) is 5.47. The summed E-state index contributed by atoms with van der Waals surface area (Å²) < 4.78 is 3.56. The number of aliphatic hydroxyl groups excluding tert-OH is 1. The molecule has 0 saturated heterocycles. The molecule has 2 N–H and O–H groups in total. The molecule has 0 aliphatic heterocycles. The zero-order valence-corrected chi connectivity index (χ0v) is 13.4. The first-order valence-electron chi connectivity index (χ1n) is 7.50. The van der Waals surface area contributed by atoms with Gasteiger partial charge in [0.2, 0.25) is 0 Å². The fourth-order valence-corrected chi connectivity index (χ4v) is 3.73. The zero-order chi connectivity index (χ0) is 16.0. The molecule has 4 rings (SSSR count). The molecule has 3 aromatic heterocycles. The molecule has 120 valence electrons. The van der Waals surface area contributed by atoms with Crippen LogP contribution in [0, 0.1) is 5.92 Å². The maximum absolute atomic E-state index is 12.6. The molecule has 23 heavy (non-hydrogen) atoms. The van der Waals surface area contributed by atoms with Crippen molar-refractivity contribution in [1.29, 1.82) is 0 Å². The average molecular weight is 331 g/mol. The van der Waals surface area contributed by atoms with Crippen molar-refractivity contribution in [2.75, 3.05) is 0 Å². The van der Waals surface area contributed by atoms with Gasteiger partial charge in [-0.05, 0) is 18.8 Å². The van der Waals surface area contributed by atoms with Gasteiger partial charge < -0.3 is 10.4 Å². The van der Waals surface area contributed by atoms with E-state index in [1.54, 1.807) is 17.1 Å². The fourth-order valence-electron chi connectivity index (χ4n) is 3.03. The number of aliphatic hydroxyl groups is 1. The van der Waals surface area contributed by atoms with Gasteiger partial charge in [-0.15, -0.1) is 11.3 Å². The lowest BCUT2D eigenvalue weighted by Crippen LogP contribution is -2.41. The number of rotatable bonds is 4. The van der Waals surface area contributed by atoms with E-state index in [2.05, 4.69) is 15.4 Å². The maximum Gasteiger partial charge on any atom is 0.272 e. The number of thiazole rings is 1. The van der Waals surface area contributed by atoms with Crippen LogP contribution >= 0.6 is 11.3 Å². The van der Waals surface area contributed by atoms with Crippen molar-refractivity contribution in [3.05, 3.63) is 41.4 Å². The summed E-state index contributed by atoms with van der Waals surface area (Å²) >= 11 is 1.49. The van der Waals surface area contributed by atoms with Crippen LogP contribution in [0.25, 0.3) is 4.96 Å². The molecule has 3 heterocycles. The summed E-state index contributed by atoms with van der Waals surface area (Å²) in [5.41, 5.74) is 1.37. The number of nitrogens with zero attached hydrogens (tertiary/aromatic N) is 4. The van der Waals surface area contributed by atoms with Gasteiger partial charge in [0, 0.05) is 36.6 Å². The number of hydrogen-bond acceptors (Lipinski definition) is 5. The highest BCUT2D eigenvalue weighted by Crippen LogP contribution is 2.38. The van der Waals surface area contributed by atoms with Gasteiger partial charge >= 0.3 is 0 Å². The molecule has 0 spiro atoms. The summed E-state index contributed by atoms with van der Waals surface area (Å²) in [6.07, 6.45) is 8.40. The predicted molar refractivity (Wildman–Crippen MR) is 85.2 cm³/mol. The van der Waals surface area contributed by atoms with E-state index in [-0.39, 0.29) is 24.0 Å². The van der Waals surface area contributed by atoms with Crippen LogP contribution in [0.15, 0.2) is 30.2 Å². The number of nitrogens with one attached hydrogen (secondary N) is 1. The second-order valence-electron chi connectivity index (χ2n) is 6.00. The van der Waals surface area contributed by atoms with Gasteiger partial charge in [-0.2, -0.15) is 5.10 Å². The minimum atomic E-state index is -0.269. The van der Waals surface area contributed by atoms with Crippen molar-refractivity contribution in [2.24, 2.45) is 13.0 Å². The minimum absolute atomic E-state index is 0.153. The van der Waals surface area contributed by atoms with E-state index in [0.717, 1.165) is 10.5 Å². The summed E-state index contributed by atoms with van der Waals surface area (Å²) in [5, 5.41) is 18.8. The Balaban J connectivity index is 1.56. The molecule has 1 aliphatic carbocycles. The lowest BCUT2D eigenvalue weighted by Gasteiger charge is -2.37. The van der Waals surface area contributed by atoms with Gasteiger partial charge in [-0.25, -0.2) is 4.98 Å². The van der Waals surface area contributed by atoms with E-state index < -0.39 is 0 Å². The summed E-state index contributed by atoms with van der Waals surface area (Å²) in [5.74, 6) is 0.0259. The number of carbonyl (C=O) groups is 1. The third-order valence-corrected chi connectivity index (χ3v) is 5.09. The maximum atomic E-state index is 12.6. The van der Waals surface area contributed by atoms with Crippen LogP contribution in [0.2, 0.25) is 0 Å². The predicted octanol–water partition coefficient (Wildman–Crippen LogP) is 1.37. The molecule has 1 saturated carbocycles. The van der Waals surface area contributed by atoms with E-state index in [9.17, 15) is 9.90 Å². The van der Waals surface area contributed by atoms with Gasteiger partial charge in [-0.1, -0.05) is 0 Å². The molecule has 1 fully saturated rings. The Morgan fingerprint density at radius 3 is 2.96 bits per heavy atom. The fraction of sp³-hybridized carbons (Fsp3) is 0.400. The number of aryl methyl sites for hydroxylation is 1. The molecule has 8 heteroatoms. The first kappa shape index (κ1) is 14.4. The lowest BCUT2D eigenvalue weighted by atomic mass is 9.75. The number of imidazole rings is 1. The first-order valence-corrected chi connectivity index (χ1v) is 8.38. The Kier molecular flexibility index (Phi) is 3.42. The first-order chi connectivity index (χ1) is 11.1. The quantitative estimate of drug-likeness (QED) is 0.756. The Morgan fingerprint density at radius 2 is 2.30 bits per heavy atom. The van der Waals surface area contributed by atoms with Crippen molar-refractivity contribution in [3.8, 4) is 0 Å². The van der Waals surface area contributed by atoms with Gasteiger partial charge in [-0.3, -0.25) is 13.9 Å². The second-order valence-corrected chi connectivity index (χ2v) is 6.88. The zero-order valence-electron chi connectivity index (χ0n) is 12.6. The standard InChI is InChI=1S/C15H17N5O2S/c1-19-7-10(6-16-19)13(9-4-11(21)5-9)18-14(22)12-8-20-2-3-23-15(20)17-12/h2-3,6-9,11,13,21H,4-5H2,1H3,(H,18,22)/t9?,11?,13-/m1/s1. The summed E-state index contributed by atoms with van der Waals surface area (Å²) in [4.78, 5) is 17.7. The monoisotopic (exact) mass is 331 g/mol. The largest absolute Gasteiger partial charge is 0.393 e. The van der Waals surface area contributed by atoms with Crippen LogP contribution < -0.4 is 5.32 Å². The molecule has 3 aromatic rings. The molecule has 0 aromatic carbocycles. The van der Waals surface area contributed by atoms with Crippen LogP contribution in [0.5, 0.6) is 0 Å². The normalized spacial score (nSPS) is 22.0. The van der Waals surface area contributed by atoms with Crippen LogP contribution in [0.3, 0.4) is 0 Å².